The van der Waals surface area contributed by atoms with Gasteiger partial charge in [0.05, 0.1) is 0 Å². The maximum atomic E-state index is 11.8. The van der Waals surface area contributed by atoms with E-state index >= 15 is 0 Å². The molecule has 26 heavy (non-hydrogen) atoms. The molecule has 1 aromatic heterocycles. The molecule has 1 heterocycles. The van der Waals surface area contributed by atoms with Crippen LogP contribution in [0.2, 0.25) is 0 Å². The van der Waals surface area contributed by atoms with Gasteiger partial charge in [-0.15, -0.1) is 0 Å². The van der Waals surface area contributed by atoms with Crippen molar-refractivity contribution in [1.29, 1.82) is 0 Å². The van der Waals surface area contributed by atoms with Gasteiger partial charge in [-0.25, -0.2) is 0 Å². The number of carbonyl (C=O) groups excluding carboxylic acids is 1. The summed E-state index contributed by atoms with van der Waals surface area (Å²) < 4.78 is 10.8. The molecule has 3 rings (SSSR count). The van der Waals surface area contributed by atoms with E-state index in [2.05, 4.69) is 15.5 Å². The summed E-state index contributed by atoms with van der Waals surface area (Å²) in [6.45, 7) is 0.228. The van der Waals surface area contributed by atoms with Crippen LogP contribution < -0.4 is 10.1 Å². The van der Waals surface area contributed by atoms with E-state index in [-0.39, 0.29) is 18.9 Å². The number of aromatic nitrogens is 2. The molecule has 1 aliphatic carbocycles. The number of hydrogen-bond acceptors (Lipinski definition) is 6. The number of aliphatic carboxylic acids is 1. The molecule has 0 radical (unpaired) electrons. The van der Waals surface area contributed by atoms with Crippen LogP contribution in [0.1, 0.15) is 56.2 Å². The minimum atomic E-state index is -0.842. The van der Waals surface area contributed by atoms with E-state index in [9.17, 15) is 9.59 Å². The molecule has 0 unspecified atom stereocenters. The Morgan fingerprint density at radius 1 is 1.19 bits per heavy atom. The third kappa shape index (κ3) is 5.58. The quantitative estimate of drug-likeness (QED) is 0.626. The number of carboxylic acids is 1. The molecule has 0 atom stereocenters. The van der Waals surface area contributed by atoms with Crippen LogP contribution in [0.4, 0.5) is 5.69 Å². The van der Waals surface area contributed by atoms with Gasteiger partial charge in [0, 0.05) is 24.4 Å². The number of hydrogen-bond donors (Lipinski definition) is 2. The van der Waals surface area contributed by atoms with Crippen LogP contribution in [-0.4, -0.2) is 27.1 Å². The highest BCUT2D eigenvalue weighted by Gasteiger charge is 2.29. The Kier molecular flexibility index (Phi) is 5.83. The molecule has 1 amide bonds. The van der Waals surface area contributed by atoms with Crippen LogP contribution in [0, 0.1) is 0 Å². The number of amides is 1. The Labute approximate surface area is 150 Å². The molecule has 1 aliphatic rings. The monoisotopic (exact) mass is 359 g/mol. The van der Waals surface area contributed by atoms with Gasteiger partial charge < -0.3 is 19.7 Å². The van der Waals surface area contributed by atoms with Crippen molar-refractivity contribution in [2.45, 2.75) is 51.0 Å². The summed E-state index contributed by atoms with van der Waals surface area (Å²) in [7, 11) is 0. The topological polar surface area (TPSA) is 115 Å². The summed E-state index contributed by atoms with van der Waals surface area (Å²) in [5.41, 5.74) is 0.663. The third-order valence-electron chi connectivity index (χ3n) is 3.96. The second-order valence-corrected chi connectivity index (χ2v) is 6.29. The average Bonchev–Trinajstić information content (AvgIpc) is 3.36. The molecule has 8 nitrogen and oxygen atoms in total. The first-order valence-corrected chi connectivity index (χ1v) is 8.67. The molecule has 138 valence electrons. The maximum absolute atomic E-state index is 11.8. The minimum Gasteiger partial charge on any atom is -0.485 e. The van der Waals surface area contributed by atoms with Crippen molar-refractivity contribution in [3.8, 4) is 5.75 Å². The lowest BCUT2D eigenvalue weighted by molar-refractivity contribution is -0.137. The highest BCUT2D eigenvalue weighted by atomic mass is 16.5. The summed E-state index contributed by atoms with van der Waals surface area (Å²) in [5.74, 6) is 1.29. The lowest BCUT2D eigenvalue weighted by Gasteiger charge is -2.07. The van der Waals surface area contributed by atoms with Gasteiger partial charge in [0.2, 0.25) is 17.6 Å². The number of carboxylic acid groups (broad SMARTS) is 1. The van der Waals surface area contributed by atoms with Gasteiger partial charge in [0.1, 0.15) is 5.75 Å². The molecule has 0 aliphatic heterocycles. The Hall–Kier alpha value is -2.90. The summed E-state index contributed by atoms with van der Waals surface area (Å²) in [5, 5.41) is 15.2. The number of ether oxygens (including phenoxy) is 1. The van der Waals surface area contributed by atoms with Gasteiger partial charge in [-0.3, -0.25) is 9.59 Å². The number of nitrogens with one attached hydrogen (secondary N) is 1. The van der Waals surface area contributed by atoms with E-state index in [1.807, 2.05) is 0 Å². The standard InChI is InChI=1S/C18H21N3O5/c22-16(3-1-2-4-17(23)24)19-13-7-9-14(10-8-13)25-11-15-20-18(26-21-15)12-5-6-12/h7-10,12H,1-6,11H2,(H,19,22)(H,23,24). The van der Waals surface area contributed by atoms with E-state index in [1.54, 1.807) is 24.3 Å². The van der Waals surface area contributed by atoms with Crippen molar-refractivity contribution in [1.82, 2.24) is 10.1 Å². The first-order valence-electron chi connectivity index (χ1n) is 8.67. The average molecular weight is 359 g/mol. The maximum Gasteiger partial charge on any atom is 0.303 e. The van der Waals surface area contributed by atoms with Crippen LogP contribution in [0.25, 0.3) is 0 Å². The van der Waals surface area contributed by atoms with E-state index in [1.165, 1.54) is 0 Å². The first-order chi connectivity index (χ1) is 12.6. The molecule has 0 bridgehead atoms. The highest BCUT2D eigenvalue weighted by molar-refractivity contribution is 5.90. The molecule has 2 aromatic rings. The fraction of sp³-hybridized carbons (Fsp3) is 0.444. The van der Waals surface area contributed by atoms with Gasteiger partial charge in [0.25, 0.3) is 0 Å². The van der Waals surface area contributed by atoms with Crippen LogP contribution in [0.15, 0.2) is 28.8 Å². The van der Waals surface area contributed by atoms with E-state index in [4.69, 9.17) is 14.4 Å². The van der Waals surface area contributed by atoms with Crippen molar-refractivity contribution in [2.24, 2.45) is 0 Å². The van der Waals surface area contributed by atoms with Crippen LogP contribution in [-0.2, 0) is 16.2 Å². The SMILES string of the molecule is O=C(O)CCCCC(=O)Nc1ccc(OCc2noc(C3CC3)n2)cc1. The van der Waals surface area contributed by atoms with Crippen molar-refractivity contribution in [3.05, 3.63) is 36.0 Å². The zero-order valence-corrected chi connectivity index (χ0v) is 14.3. The van der Waals surface area contributed by atoms with Gasteiger partial charge >= 0.3 is 5.97 Å². The molecule has 0 saturated heterocycles. The number of benzene rings is 1. The Balaban J connectivity index is 1.39. The number of rotatable bonds is 10. The predicted octanol–water partition coefficient (Wildman–Crippen LogP) is 3.11. The summed E-state index contributed by atoms with van der Waals surface area (Å²) in [4.78, 5) is 26.5. The summed E-state index contributed by atoms with van der Waals surface area (Å²) >= 11 is 0. The zero-order valence-electron chi connectivity index (χ0n) is 14.3. The van der Waals surface area contributed by atoms with Crippen molar-refractivity contribution in [2.75, 3.05) is 5.32 Å². The van der Waals surface area contributed by atoms with E-state index < -0.39 is 5.97 Å². The fourth-order valence-electron chi connectivity index (χ4n) is 2.39. The Bertz CT molecular complexity index is 752. The number of unbranched alkanes of at least 4 members (excludes halogenated alkanes) is 1. The Morgan fingerprint density at radius 2 is 1.92 bits per heavy atom. The smallest absolute Gasteiger partial charge is 0.303 e. The molecule has 8 heteroatoms. The van der Waals surface area contributed by atoms with Crippen molar-refractivity contribution >= 4 is 17.6 Å². The fourth-order valence-corrected chi connectivity index (χ4v) is 2.39. The molecular formula is C18H21N3O5. The lowest BCUT2D eigenvalue weighted by atomic mass is 10.2. The van der Waals surface area contributed by atoms with E-state index in [0.29, 0.717) is 48.3 Å². The van der Waals surface area contributed by atoms with Crippen molar-refractivity contribution in [3.63, 3.8) is 0 Å². The van der Waals surface area contributed by atoms with Crippen LogP contribution in [0.5, 0.6) is 5.75 Å². The number of anilines is 1. The van der Waals surface area contributed by atoms with E-state index in [0.717, 1.165) is 12.8 Å². The summed E-state index contributed by atoms with van der Waals surface area (Å²) in [6, 6.07) is 7.00. The van der Waals surface area contributed by atoms with Crippen LogP contribution >= 0.6 is 0 Å². The third-order valence-corrected chi connectivity index (χ3v) is 3.96. The molecule has 2 N–H and O–H groups in total. The molecule has 1 aromatic carbocycles. The molecule has 1 saturated carbocycles. The van der Waals surface area contributed by atoms with Gasteiger partial charge in [-0.1, -0.05) is 5.16 Å². The van der Waals surface area contributed by atoms with Crippen molar-refractivity contribution < 1.29 is 24.0 Å². The Morgan fingerprint density at radius 3 is 2.62 bits per heavy atom. The molecular weight excluding hydrogens is 338 g/mol. The number of carbonyl (C=O) groups is 2. The van der Waals surface area contributed by atoms with Gasteiger partial charge in [-0.2, -0.15) is 4.98 Å². The lowest BCUT2D eigenvalue weighted by Crippen LogP contribution is -2.11. The number of nitrogens with zero attached hydrogens (tertiary/aromatic N) is 2. The summed E-state index contributed by atoms with van der Waals surface area (Å²) in [6.07, 6.45) is 3.64. The van der Waals surface area contributed by atoms with Gasteiger partial charge in [-0.05, 0) is 49.9 Å². The van der Waals surface area contributed by atoms with Gasteiger partial charge in [0.15, 0.2) is 6.61 Å². The second-order valence-electron chi connectivity index (χ2n) is 6.29. The second kappa shape index (κ2) is 8.46. The predicted molar refractivity (Wildman–Crippen MR) is 91.8 cm³/mol. The first kappa shape index (κ1) is 17.9. The molecule has 0 spiro atoms. The minimum absolute atomic E-state index is 0.0852. The largest absolute Gasteiger partial charge is 0.485 e. The highest BCUT2D eigenvalue weighted by Crippen LogP contribution is 2.38. The van der Waals surface area contributed by atoms with Crippen LogP contribution in [0.3, 0.4) is 0 Å². The molecule has 1 fully saturated rings. The normalized spacial score (nSPS) is 13.4. The zero-order chi connectivity index (χ0) is 18.4.